The fourth-order valence-corrected chi connectivity index (χ4v) is 3.09. The summed E-state index contributed by atoms with van der Waals surface area (Å²) in [5, 5.41) is 11.8. The minimum Gasteiger partial charge on any atom is -0.488 e. The molecule has 0 bridgehead atoms. The molecule has 2 aromatic carbocycles. The normalized spacial score (nSPS) is 11.4. The van der Waals surface area contributed by atoms with Crippen LogP contribution in [0.3, 0.4) is 0 Å². The van der Waals surface area contributed by atoms with E-state index in [1.54, 1.807) is 10.9 Å². The van der Waals surface area contributed by atoms with Crippen molar-refractivity contribution in [3.63, 3.8) is 0 Å². The van der Waals surface area contributed by atoms with E-state index in [0.717, 1.165) is 35.5 Å². The number of nitrogens with one attached hydrogen (secondary N) is 1. The van der Waals surface area contributed by atoms with Crippen LogP contribution in [0.25, 0.3) is 0 Å². The van der Waals surface area contributed by atoms with Crippen LogP contribution in [0.4, 0.5) is 0 Å². The molecule has 0 unspecified atom stereocenters. The zero-order valence-corrected chi connectivity index (χ0v) is 16.4. The van der Waals surface area contributed by atoms with Crippen molar-refractivity contribution in [1.82, 2.24) is 14.9 Å². The summed E-state index contributed by atoms with van der Waals surface area (Å²) in [5.41, 5.74) is 2.02. The topological polar surface area (TPSA) is 55.2 Å². The van der Waals surface area contributed by atoms with Crippen molar-refractivity contribution in [2.24, 2.45) is 5.10 Å². The summed E-state index contributed by atoms with van der Waals surface area (Å²) in [4.78, 5) is 0. The van der Waals surface area contributed by atoms with Gasteiger partial charge in [-0.2, -0.15) is 14.9 Å². The molecule has 1 heterocycles. The van der Waals surface area contributed by atoms with Crippen LogP contribution in [-0.4, -0.2) is 21.1 Å². The second-order valence-corrected chi connectivity index (χ2v) is 6.66. The molecule has 1 aromatic heterocycles. The van der Waals surface area contributed by atoms with Gasteiger partial charge in [-0.25, -0.2) is 0 Å². The molecule has 0 saturated carbocycles. The predicted molar refractivity (Wildman–Crippen MR) is 111 cm³/mol. The quantitative estimate of drug-likeness (QED) is 0.426. The average molecular weight is 381 g/mol. The van der Waals surface area contributed by atoms with Crippen LogP contribution in [0, 0.1) is 4.77 Å². The molecule has 0 spiro atoms. The summed E-state index contributed by atoms with van der Waals surface area (Å²) in [7, 11) is 0. The van der Waals surface area contributed by atoms with Crippen LogP contribution in [0.5, 0.6) is 5.75 Å². The standard InChI is InChI=1S/C21H24N4OS/c1-3-17(4-2)20-23-24-21(27)25(20)22-14-18-12-8-9-13-19(18)26-15-16-10-6-5-7-11-16/h5-14,17H,3-4,15H2,1-2H3,(H,24,27)/b22-14-. The Labute approximate surface area is 164 Å². The van der Waals surface area contributed by atoms with E-state index >= 15 is 0 Å². The van der Waals surface area contributed by atoms with Crippen molar-refractivity contribution in [3.05, 3.63) is 76.3 Å². The number of ether oxygens (including phenoxy) is 1. The van der Waals surface area contributed by atoms with Crippen LogP contribution in [-0.2, 0) is 6.61 Å². The van der Waals surface area contributed by atoms with Crippen LogP contribution in [0.15, 0.2) is 59.7 Å². The number of para-hydroxylation sites is 1. The molecule has 0 aliphatic heterocycles. The average Bonchev–Trinajstić information content (AvgIpc) is 3.07. The molecular formula is C21H24N4OS. The molecule has 5 nitrogen and oxygen atoms in total. The third-order valence-electron chi connectivity index (χ3n) is 4.49. The fraction of sp³-hybridized carbons (Fsp3) is 0.286. The number of hydrogen-bond donors (Lipinski definition) is 1. The van der Waals surface area contributed by atoms with Gasteiger partial charge in [0.1, 0.15) is 12.4 Å². The van der Waals surface area contributed by atoms with Gasteiger partial charge in [0.15, 0.2) is 5.82 Å². The maximum Gasteiger partial charge on any atom is 0.216 e. The number of hydrogen-bond acceptors (Lipinski definition) is 4. The molecule has 3 rings (SSSR count). The molecular weight excluding hydrogens is 356 g/mol. The van der Waals surface area contributed by atoms with Crippen LogP contribution in [0.2, 0.25) is 0 Å². The molecule has 140 valence electrons. The van der Waals surface area contributed by atoms with Gasteiger partial charge >= 0.3 is 0 Å². The molecule has 0 aliphatic carbocycles. The van der Waals surface area contributed by atoms with Crippen molar-refractivity contribution in [1.29, 1.82) is 0 Å². The number of aromatic nitrogens is 3. The number of aromatic amines is 1. The van der Waals surface area contributed by atoms with Crippen molar-refractivity contribution < 1.29 is 4.74 Å². The largest absolute Gasteiger partial charge is 0.488 e. The van der Waals surface area contributed by atoms with Gasteiger partial charge in [0.05, 0.1) is 6.21 Å². The predicted octanol–water partition coefficient (Wildman–Crippen LogP) is 5.31. The van der Waals surface area contributed by atoms with E-state index in [0.29, 0.717) is 17.3 Å². The summed E-state index contributed by atoms with van der Waals surface area (Å²) in [6.07, 6.45) is 3.75. The highest BCUT2D eigenvalue weighted by Gasteiger charge is 2.15. The molecule has 27 heavy (non-hydrogen) atoms. The summed E-state index contributed by atoms with van der Waals surface area (Å²) in [6.45, 7) is 4.80. The van der Waals surface area contributed by atoms with Gasteiger partial charge in [-0.05, 0) is 42.8 Å². The lowest BCUT2D eigenvalue weighted by Gasteiger charge is -2.11. The first kappa shape index (κ1) is 19.0. The first-order valence-corrected chi connectivity index (χ1v) is 9.61. The van der Waals surface area contributed by atoms with Crippen molar-refractivity contribution >= 4 is 18.4 Å². The first-order valence-electron chi connectivity index (χ1n) is 9.20. The van der Waals surface area contributed by atoms with E-state index in [9.17, 15) is 0 Å². The van der Waals surface area contributed by atoms with Crippen LogP contribution >= 0.6 is 12.2 Å². The monoisotopic (exact) mass is 380 g/mol. The van der Waals surface area contributed by atoms with Gasteiger partial charge in [0.2, 0.25) is 4.77 Å². The van der Waals surface area contributed by atoms with Crippen molar-refractivity contribution in [3.8, 4) is 5.75 Å². The van der Waals surface area contributed by atoms with Gasteiger partial charge < -0.3 is 4.74 Å². The second kappa shape index (κ2) is 9.28. The second-order valence-electron chi connectivity index (χ2n) is 6.27. The maximum absolute atomic E-state index is 5.99. The van der Waals surface area contributed by atoms with E-state index < -0.39 is 0 Å². The number of nitrogens with zero attached hydrogens (tertiary/aromatic N) is 3. The zero-order valence-electron chi connectivity index (χ0n) is 15.6. The van der Waals surface area contributed by atoms with Gasteiger partial charge in [0, 0.05) is 11.5 Å². The van der Waals surface area contributed by atoms with E-state index in [-0.39, 0.29) is 0 Å². The highest BCUT2D eigenvalue weighted by Crippen LogP contribution is 2.22. The van der Waals surface area contributed by atoms with Gasteiger partial charge in [0.25, 0.3) is 0 Å². The van der Waals surface area contributed by atoms with Crippen molar-refractivity contribution in [2.45, 2.75) is 39.2 Å². The number of H-pyrrole nitrogens is 1. The molecule has 0 amide bonds. The summed E-state index contributed by atoms with van der Waals surface area (Å²) < 4.78 is 8.20. The van der Waals surface area contributed by atoms with Gasteiger partial charge in [-0.1, -0.05) is 56.3 Å². The molecule has 0 fully saturated rings. The highest BCUT2D eigenvalue weighted by atomic mass is 32.1. The molecule has 1 N–H and O–H groups in total. The number of rotatable bonds is 8. The molecule has 0 saturated heterocycles. The van der Waals surface area contributed by atoms with E-state index in [4.69, 9.17) is 17.0 Å². The van der Waals surface area contributed by atoms with Crippen LogP contribution < -0.4 is 4.74 Å². The van der Waals surface area contributed by atoms with Crippen LogP contribution in [0.1, 0.15) is 49.6 Å². The Morgan fingerprint density at radius 3 is 2.56 bits per heavy atom. The Balaban J connectivity index is 1.82. The fourth-order valence-electron chi connectivity index (χ4n) is 2.91. The summed E-state index contributed by atoms with van der Waals surface area (Å²) >= 11 is 5.35. The lowest BCUT2D eigenvalue weighted by molar-refractivity contribution is 0.306. The molecule has 3 aromatic rings. The highest BCUT2D eigenvalue weighted by molar-refractivity contribution is 7.71. The molecule has 0 aliphatic rings. The SMILES string of the molecule is CCC(CC)c1n[nH]c(=S)n1/N=C\c1ccccc1OCc1ccccc1. The summed E-state index contributed by atoms with van der Waals surface area (Å²) in [5.74, 6) is 1.97. The van der Waals surface area contributed by atoms with Gasteiger partial charge in [-0.3, -0.25) is 5.10 Å². The Bertz CT molecular complexity index is 942. The maximum atomic E-state index is 5.99. The lowest BCUT2D eigenvalue weighted by atomic mass is 10.0. The number of benzene rings is 2. The minimum absolute atomic E-state index is 0.319. The third-order valence-corrected chi connectivity index (χ3v) is 4.76. The Morgan fingerprint density at radius 2 is 1.81 bits per heavy atom. The van der Waals surface area contributed by atoms with E-state index in [1.807, 2.05) is 54.6 Å². The molecule has 0 atom stereocenters. The Kier molecular flexibility index (Phi) is 6.54. The summed E-state index contributed by atoms with van der Waals surface area (Å²) in [6, 6.07) is 17.9. The smallest absolute Gasteiger partial charge is 0.216 e. The Hall–Kier alpha value is -2.73. The molecule has 0 radical (unpaired) electrons. The molecule has 6 heteroatoms. The third kappa shape index (κ3) is 4.71. The Morgan fingerprint density at radius 1 is 1.11 bits per heavy atom. The minimum atomic E-state index is 0.319. The first-order chi connectivity index (χ1) is 13.2. The lowest BCUT2D eigenvalue weighted by Crippen LogP contribution is -2.05. The van der Waals surface area contributed by atoms with E-state index in [1.165, 1.54) is 0 Å². The van der Waals surface area contributed by atoms with E-state index in [2.05, 4.69) is 29.1 Å². The van der Waals surface area contributed by atoms with Crippen molar-refractivity contribution in [2.75, 3.05) is 0 Å². The van der Waals surface area contributed by atoms with Gasteiger partial charge in [-0.15, -0.1) is 0 Å². The zero-order chi connectivity index (χ0) is 19.1.